The third kappa shape index (κ3) is 8.49. The van der Waals surface area contributed by atoms with Crippen molar-refractivity contribution in [2.75, 3.05) is 16.2 Å². The molecule has 37 heavy (non-hydrogen) atoms. The number of rotatable bonds is 8. The van der Waals surface area contributed by atoms with E-state index in [1.54, 1.807) is 6.07 Å². The molecule has 0 atom stereocenters. The lowest BCUT2D eigenvalue weighted by molar-refractivity contribution is -0.192. The average molecular weight is 543 g/mol. The van der Waals surface area contributed by atoms with Crippen molar-refractivity contribution in [3.05, 3.63) is 89.7 Å². The number of aromatic carboxylic acids is 1. The SMILES string of the molecule is CCN(Cc1ccccc1)c1ccc(NS(=O)(=O)c2ccc(F)cc2)cc1C(=O)O.O=C(O)C(F)(F)F. The van der Waals surface area contributed by atoms with Crippen LogP contribution in [-0.2, 0) is 21.4 Å². The first-order chi connectivity index (χ1) is 17.2. The van der Waals surface area contributed by atoms with Crippen LogP contribution in [0.2, 0.25) is 0 Å². The number of hydrogen-bond acceptors (Lipinski definition) is 5. The molecule has 0 aliphatic rings. The minimum Gasteiger partial charge on any atom is -0.478 e. The normalized spacial score (nSPS) is 11.2. The van der Waals surface area contributed by atoms with E-state index in [9.17, 15) is 35.9 Å². The molecule has 0 saturated carbocycles. The maximum atomic E-state index is 13.1. The molecule has 0 bridgehead atoms. The fraction of sp³-hybridized carbons (Fsp3) is 0.167. The Kier molecular flexibility index (Phi) is 9.61. The zero-order chi connectivity index (χ0) is 27.8. The number of hydrogen-bond donors (Lipinski definition) is 3. The first kappa shape index (κ1) is 29.1. The Hall–Kier alpha value is -4.13. The summed E-state index contributed by atoms with van der Waals surface area (Å²) in [6.07, 6.45) is -5.08. The number of sulfonamides is 1. The van der Waals surface area contributed by atoms with Crippen LogP contribution in [0.5, 0.6) is 0 Å². The number of carboxylic acid groups (broad SMARTS) is 2. The Bertz CT molecular complexity index is 1330. The van der Waals surface area contributed by atoms with Gasteiger partial charge in [-0.25, -0.2) is 22.4 Å². The Balaban J connectivity index is 0.000000604. The van der Waals surface area contributed by atoms with Gasteiger partial charge in [-0.2, -0.15) is 13.2 Å². The Labute approximate surface area is 209 Å². The van der Waals surface area contributed by atoms with Gasteiger partial charge in [0.25, 0.3) is 10.0 Å². The zero-order valence-corrected chi connectivity index (χ0v) is 20.1. The molecule has 198 valence electrons. The molecule has 3 rings (SSSR count). The lowest BCUT2D eigenvalue weighted by atomic mass is 10.1. The Morgan fingerprint density at radius 1 is 0.946 bits per heavy atom. The van der Waals surface area contributed by atoms with Crippen molar-refractivity contribution in [1.29, 1.82) is 0 Å². The molecule has 0 saturated heterocycles. The van der Waals surface area contributed by atoms with Crippen molar-refractivity contribution in [2.24, 2.45) is 0 Å². The van der Waals surface area contributed by atoms with Crippen LogP contribution in [0.1, 0.15) is 22.8 Å². The van der Waals surface area contributed by atoms with E-state index < -0.39 is 34.0 Å². The highest BCUT2D eigenvalue weighted by Crippen LogP contribution is 2.27. The van der Waals surface area contributed by atoms with Gasteiger partial charge in [0.2, 0.25) is 0 Å². The van der Waals surface area contributed by atoms with Gasteiger partial charge in [0.05, 0.1) is 16.1 Å². The predicted molar refractivity (Wildman–Crippen MR) is 127 cm³/mol. The van der Waals surface area contributed by atoms with Crippen LogP contribution in [0.15, 0.2) is 77.7 Å². The number of benzene rings is 3. The monoisotopic (exact) mass is 542 g/mol. The number of alkyl halides is 3. The van der Waals surface area contributed by atoms with E-state index in [1.807, 2.05) is 42.2 Å². The topological polar surface area (TPSA) is 124 Å². The van der Waals surface area contributed by atoms with E-state index in [1.165, 1.54) is 12.1 Å². The molecule has 0 unspecified atom stereocenters. The van der Waals surface area contributed by atoms with Gasteiger partial charge >= 0.3 is 18.1 Å². The van der Waals surface area contributed by atoms with Crippen molar-refractivity contribution < 1.29 is 45.8 Å². The fourth-order valence-electron chi connectivity index (χ4n) is 3.05. The second-order valence-electron chi connectivity index (χ2n) is 7.40. The predicted octanol–water partition coefficient (Wildman–Crippen LogP) is 4.98. The van der Waals surface area contributed by atoms with Gasteiger partial charge in [-0.3, -0.25) is 4.72 Å². The Morgan fingerprint density at radius 3 is 2.00 bits per heavy atom. The summed E-state index contributed by atoms with van der Waals surface area (Å²) in [7, 11) is -3.98. The average Bonchev–Trinajstić information content (AvgIpc) is 2.83. The smallest absolute Gasteiger partial charge is 0.478 e. The molecule has 0 amide bonds. The summed E-state index contributed by atoms with van der Waals surface area (Å²) in [4.78, 5) is 22.5. The summed E-state index contributed by atoms with van der Waals surface area (Å²) < 4.78 is 72.2. The minimum absolute atomic E-state index is 0.0212. The van der Waals surface area contributed by atoms with E-state index in [-0.39, 0.29) is 16.1 Å². The number of anilines is 2. The van der Waals surface area contributed by atoms with Crippen LogP contribution in [-0.4, -0.2) is 43.3 Å². The summed E-state index contributed by atoms with van der Waals surface area (Å²) in [6.45, 7) is 2.99. The maximum Gasteiger partial charge on any atom is 0.490 e. The number of nitrogens with one attached hydrogen (secondary N) is 1. The molecule has 3 aromatic carbocycles. The molecule has 0 heterocycles. The van der Waals surface area contributed by atoms with Crippen LogP contribution >= 0.6 is 0 Å². The van der Waals surface area contributed by atoms with Crippen molar-refractivity contribution in [3.8, 4) is 0 Å². The molecular formula is C24H22F4N2O6S. The van der Waals surface area contributed by atoms with Gasteiger partial charge in [-0.1, -0.05) is 30.3 Å². The summed E-state index contributed by atoms with van der Waals surface area (Å²) in [5.74, 6) is -4.48. The molecule has 3 aromatic rings. The van der Waals surface area contributed by atoms with Gasteiger partial charge in [-0.05, 0) is 55.0 Å². The molecule has 13 heteroatoms. The lowest BCUT2D eigenvalue weighted by Crippen LogP contribution is -2.24. The summed E-state index contributed by atoms with van der Waals surface area (Å²) in [5.41, 5.74) is 1.60. The van der Waals surface area contributed by atoms with E-state index in [0.29, 0.717) is 18.8 Å². The van der Waals surface area contributed by atoms with E-state index in [2.05, 4.69) is 4.72 Å². The van der Waals surface area contributed by atoms with Gasteiger partial charge in [0, 0.05) is 18.8 Å². The molecule has 0 fully saturated rings. The lowest BCUT2D eigenvalue weighted by Gasteiger charge is -2.25. The highest BCUT2D eigenvalue weighted by atomic mass is 32.2. The van der Waals surface area contributed by atoms with E-state index >= 15 is 0 Å². The molecular weight excluding hydrogens is 520 g/mol. The molecule has 8 nitrogen and oxygen atoms in total. The largest absolute Gasteiger partial charge is 0.490 e. The molecule has 0 aromatic heterocycles. The first-order valence-electron chi connectivity index (χ1n) is 10.5. The summed E-state index contributed by atoms with van der Waals surface area (Å²) in [6, 6.07) is 18.4. The molecule has 0 aliphatic carbocycles. The fourth-order valence-corrected chi connectivity index (χ4v) is 4.10. The third-order valence-corrected chi connectivity index (χ3v) is 6.18. The number of aliphatic carboxylic acids is 1. The highest BCUT2D eigenvalue weighted by Gasteiger charge is 2.38. The maximum absolute atomic E-state index is 13.1. The standard InChI is InChI=1S/C22H21FN2O4S.C2HF3O2/c1-2-25(15-16-6-4-3-5-7-16)21-13-10-18(14-20(21)22(26)27)24-30(28,29)19-11-8-17(23)9-12-19;3-2(4,5)1(6)7/h3-14,24H,2,15H2,1H3,(H,26,27);(H,6,7). The second-order valence-corrected chi connectivity index (χ2v) is 9.08. The Morgan fingerprint density at radius 2 is 1.51 bits per heavy atom. The van der Waals surface area contributed by atoms with Crippen molar-refractivity contribution in [2.45, 2.75) is 24.5 Å². The van der Waals surface area contributed by atoms with Gasteiger partial charge in [0.1, 0.15) is 5.82 Å². The second kappa shape index (κ2) is 12.2. The molecule has 0 radical (unpaired) electrons. The molecule has 0 aliphatic heterocycles. The van der Waals surface area contributed by atoms with Crippen LogP contribution in [0.25, 0.3) is 0 Å². The van der Waals surface area contributed by atoms with Crippen molar-refractivity contribution in [3.63, 3.8) is 0 Å². The van der Waals surface area contributed by atoms with Gasteiger partial charge < -0.3 is 15.1 Å². The van der Waals surface area contributed by atoms with Gasteiger partial charge in [-0.15, -0.1) is 0 Å². The van der Waals surface area contributed by atoms with Crippen molar-refractivity contribution in [1.82, 2.24) is 0 Å². The number of carbonyl (C=O) groups is 2. The number of nitrogens with zero attached hydrogens (tertiary/aromatic N) is 1. The van der Waals surface area contributed by atoms with Crippen LogP contribution < -0.4 is 9.62 Å². The van der Waals surface area contributed by atoms with Gasteiger partial charge in [0.15, 0.2) is 0 Å². The number of carboxylic acids is 2. The first-order valence-corrected chi connectivity index (χ1v) is 12.0. The van der Waals surface area contributed by atoms with Crippen LogP contribution in [0.3, 0.4) is 0 Å². The molecule has 3 N–H and O–H groups in total. The summed E-state index contributed by atoms with van der Waals surface area (Å²) >= 11 is 0. The van der Waals surface area contributed by atoms with Crippen LogP contribution in [0, 0.1) is 5.82 Å². The van der Waals surface area contributed by atoms with Crippen LogP contribution in [0.4, 0.5) is 28.9 Å². The zero-order valence-electron chi connectivity index (χ0n) is 19.2. The van der Waals surface area contributed by atoms with E-state index in [0.717, 1.165) is 29.8 Å². The quantitative estimate of drug-likeness (QED) is 0.343. The summed E-state index contributed by atoms with van der Waals surface area (Å²) in [5, 5.41) is 16.8. The minimum atomic E-state index is -5.08. The number of halogens is 4. The highest BCUT2D eigenvalue weighted by molar-refractivity contribution is 7.92. The third-order valence-electron chi connectivity index (χ3n) is 4.78. The van der Waals surface area contributed by atoms with E-state index in [4.69, 9.17) is 9.90 Å². The molecule has 0 spiro atoms. The van der Waals surface area contributed by atoms with Crippen molar-refractivity contribution >= 4 is 33.3 Å².